The first-order chi connectivity index (χ1) is 14.9. The van der Waals surface area contributed by atoms with Crippen LogP contribution in [0, 0.1) is 0 Å². The first-order valence-electron chi connectivity index (χ1n) is 10.7. The molecule has 0 aliphatic heterocycles. The number of carboxylic acids is 1. The van der Waals surface area contributed by atoms with Crippen LogP contribution in [0.3, 0.4) is 0 Å². The predicted octanol–water partition coefficient (Wildman–Crippen LogP) is 5.20. The Balaban J connectivity index is 0.00000245. The molecule has 2 heterocycles. The average molecular weight is 475 g/mol. The van der Waals surface area contributed by atoms with E-state index in [9.17, 15) is 14.7 Å². The summed E-state index contributed by atoms with van der Waals surface area (Å²) in [5, 5.41) is 9.77. The molecule has 0 saturated heterocycles. The van der Waals surface area contributed by atoms with Crippen molar-refractivity contribution < 1.29 is 14.6 Å². The molecule has 6 nitrogen and oxygen atoms in total. The molecule has 1 fully saturated rings. The summed E-state index contributed by atoms with van der Waals surface area (Å²) in [5.41, 5.74) is 3.39. The van der Waals surface area contributed by atoms with E-state index in [1.54, 1.807) is 7.11 Å². The number of aromatic nitrogens is 1. The van der Waals surface area contributed by atoms with Crippen LogP contribution in [-0.4, -0.2) is 42.2 Å². The number of aromatic amines is 1. The molecule has 32 heavy (non-hydrogen) atoms. The maximum Gasteiger partial charge on any atom is 0.341 e. The van der Waals surface area contributed by atoms with Gasteiger partial charge in [-0.05, 0) is 75.4 Å². The summed E-state index contributed by atoms with van der Waals surface area (Å²) >= 11 is 1.83. The normalized spacial score (nSPS) is 17.8. The summed E-state index contributed by atoms with van der Waals surface area (Å²) in [6.07, 6.45) is 6.86. The van der Waals surface area contributed by atoms with Gasteiger partial charge in [-0.1, -0.05) is 0 Å². The molecule has 3 aromatic rings. The molecule has 0 radical (unpaired) electrons. The number of hydrogen-bond donors (Lipinski definition) is 2. The summed E-state index contributed by atoms with van der Waals surface area (Å²) in [6.45, 7) is 0. The number of aromatic carboxylic acids is 1. The standard InChI is InChI=1S/C24H26N2O4S.ClH/c1-26(2)17-5-4-6-18-14(17)10-19(31-18)20-13(12-7-8-12)9-15-21(23(20)30-3)25-11-16(22(15)27)24(28)29;/h9-12,17H,4-8H2,1-3H3,(H,25,27)(H,28,29);1H. The summed E-state index contributed by atoms with van der Waals surface area (Å²) in [4.78, 5) is 32.3. The molecule has 170 valence electrons. The van der Waals surface area contributed by atoms with Crippen molar-refractivity contribution in [1.82, 2.24) is 9.88 Å². The van der Waals surface area contributed by atoms with Crippen LogP contribution in [0.25, 0.3) is 21.3 Å². The summed E-state index contributed by atoms with van der Waals surface area (Å²) < 4.78 is 5.87. The Hall–Kier alpha value is -2.35. The van der Waals surface area contributed by atoms with E-state index in [4.69, 9.17) is 4.74 Å². The van der Waals surface area contributed by atoms with Crippen LogP contribution < -0.4 is 10.2 Å². The van der Waals surface area contributed by atoms with E-state index in [1.165, 1.54) is 27.9 Å². The smallest absolute Gasteiger partial charge is 0.341 e. The number of carboxylic acid groups (broad SMARTS) is 1. The highest BCUT2D eigenvalue weighted by atomic mass is 35.5. The number of hydrogen-bond acceptors (Lipinski definition) is 5. The lowest BCUT2D eigenvalue weighted by Crippen LogP contribution is -2.22. The highest BCUT2D eigenvalue weighted by molar-refractivity contribution is 7.15. The fourth-order valence-corrected chi connectivity index (χ4v) is 6.20. The van der Waals surface area contributed by atoms with Crippen LogP contribution in [0.15, 0.2) is 23.1 Å². The Morgan fingerprint density at radius 1 is 1.22 bits per heavy atom. The van der Waals surface area contributed by atoms with Crippen molar-refractivity contribution in [2.45, 2.75) is 44.1 Å². The molecule has 2 aromatic heterocycles. The minimum atomic E-state index is -1.22. The van der Waals surface area contributed by atoms with E-state index >= 15 is 0 Å². The molecule has 2 aliphatic rings. The Morgan fingerprint density at radius 2 is 1.97 bits per heavy atom. The first kappa shape index (κ1) is 22.8. The number of pyridine rings is 1. The molecule has 0 bridgehead atoms. The molecule has 1 aromatic carbocycles. The Bertz CT molecular complexity index is 1260. The van der Waals surface area contributed by atoms with Gasteiger partial charge in [0, 0.05) is 27.6 Å². The van der Waals surface area contributed by atoms with E-state index in [0.29, 0.717) is 28.6 Å². The van der Waals surface area contributed by atoms with Gasteiger partial charge >= 0.3 is 5.97 Å². The van der Waals surface area contributed by atoms with Crippen LogP contribution in [0.5, 0.6) is 5.75 Å². The van der Waals surface area contributed by atoms with Crippen molar-refractivity contribution in [3.8, 4) is 16.2 Å². The van der Waals surface area contributed by atoms with Crippen LogP contribution in [0.4, 0.5) is 0 Å². The number of fused-ring (bicyclic) bond motifs is 2. The van der Waals surface area contributed by atoms with Gasteiger partial charge in [0.1, 0.15) is 5.56 Å². The predicted molar refractivity (Wildman–Crippen MR) is 130 cm³/mol. The molecule has 5 rings (SSSR count). The van der Waals surface area contributed by atoms with Crippen LogP contribution >= 0.6 is 23.7 Å². The number of methoxy groups -OCH3 is 1. The van der Waals surface area contributed by atoms with E-state index < -0.39 is 11.4 Å². The summed E-state index contributed by atoms with van der Waals surface area (Å²) in [5.74, 6) is -0.210. The molecule has 8 heteroatoms. The Labute approximate surface area is 196 Å². The molecule has 1 saturated carbocycles. The number of halogens is 1. The zero-order valence-electron chi connectivity index (χ0n) is 18.4. The number of thiophene rings is 1. The SMILES string of the molecule is COc1c(-c2cc3c(s2)CCCC3N(C)C)c(C2CC2)cc2c(=O)c(C(=O)O)c[nH]c12.Cl. The van der Waals surface area contributed by atoms with Gasteiger partial charge in [-0.15, -0.1) is 23.7 Å². The fourth-order valence-electron chi connectivity index (χ4n) is 4.88. The van der Waals surface area contributed by atoms with E-state index in [-0.39, 0.29) is 18.0 Å². The lowest BCUT2D eigenvalue weighted by Gasteiger charge is -2.28. The topological polar surface area (TPSA) is 82.6 Å². The molecule has 1 unspecified atom stereocenters. The minimum Gasteiger partial charge on any atom is -0.494 e. The number of ether oxygens (including phenoxy) is 1. The number of benzene rings is 1. The van der Waals surface area contributed by atoms with Crippen LogP contribution in [-0.2, 0) is 6.42 Å². The second-order valence-electron chi connectivity index (χ2n) is 8.77. The number of H-pyrrole nitrogens is 1. The molecule has 0 amide bonds. The molecule has 2 N–H and O–H groups in total. The number of aryl methyl sites for hydroxylation is 1. The van der Waals surface area contributed by atoms with Crippen molar-refractivity contribution in [2.75, 3.05) is 21.2 Å². The van der Waals surface area contributed by atoms with Crippen molar-refractivity contribution >= 4 is 40.6 Å². The van der Waals surface area contributed by atoms with Gasteiger partial charge in [0.15, 0.2) is 5.75 Å². The highest BCUT2D eigenvalue weighted by Crippen LogP contribution is 2.52. The number of nitrogens with one attached hydrogen (secondary N) is 1. The lowest BCUT2D eigenvalue weighted by atomic mass is 9.91. The van der Waals surface area contributed by atoms with E-state index in [0.717, 1.165) is 36.8 Å². The maximum atomic E-state index is 12.9. The zero-order valence-corrected chi connectivity index (χ0v) is 20.0. The number of nitrogens with zero attached hydrogens (tertiary/aromatic N) is 1. The van der Waals surface area contributed by atoms with Gasteiger partial charge in [-0.3, -0.25) is 4.79 Å². The molecule has 2 aliphatic carbocycles. The lowest BCUT2D eigenvalue weighted by molar-refractivity contribution is 0.0695. The molecular weight excluding hydrogens is 448 g/mol. The second-order valence-corrected chi connectivity index (χ2v) is 9.91. The van der Waals surface area contributed by atoms with Crippen molar-refractivity contribution in [3.63, 3.8) is 0 Å². The zero-order chi connectivity index (χ0) is 21.9. The third-order valence-electron chi connectivity index (χ3n) is 6.57. The van der Waals surface area contributed by atoms with Gasteiger partial charge in [0.25, 0.3) is 0 Å². The molecule has 1 atom stereocenters. The maximum absolute atomic E-state index is 12.9. The average Bonchev–Trinajstić information content (AvgIpc) is 3.50. The quantitative estimate of drug-likeness (QED) is 0.531. The monoisotopic (exact) mass is 474 g/mol. The summed E-state index contributed by atoms with van der Waals surface area (Å²) in [6, 6.07) is 4.63. The van der Waals surface area contributed by atoms with Gasteiger partial charge in [-0.25, -0.2) is 4.79 Å². The van der Waals surface area contributed by atoms with Crippen LogP contribution in [0.2, 0.25) is 0 Å². The van der Waals surface area contributed by atoms with Gasteiger partial charge < -0.3 is 19.7 Å². The Morgan fingerprint density at radius 3 is 2.59 bits per heavy atom. The van der Waals surface area contributed by atoms with Crippen molar-refractivity contribution in [3.05, 3.63) is 50.1 Å². The summed E-state index contributed by atoms with van der Waals surface area (Å²) in [7, 11) is 5.89. The first-order valence-corrected chi connectivity index (χ1v) is 11.5. The molecular formula is C24H27ClN2O4S. The van der Waals surface area contributed by atoms with Gasteiger partial charge in [0.2, 0.25) is 5.43 Å². The Kier molecular flexibility index (Phi) is 6.09. The van der Waals surface area contributed by atoms with Gasteiger partial charge in [-0.2, -0.15) is 0 Å². The number of rotatable bonds is 5. The van der Waals surface area contributed by atoms with Crippen LogP contribution in [0.1, 0.15) is 64.0 Å². The third kappa shape index (κ3) is 3.62. The third-order valence-corrected chi connectivity index (χ3v) is 7.79. The molecule has 0 spiro atoms. The largest absolute Gasteiger partial charge is 0.494 e. The van der Waals surface area contributed by atoms with E-state index in [1.807, 2.05) is 17.4 Å². The van der Waals surface area contributed by atoms with E-state index in [2.05, 4.69) is 30.0 Å². The van der Waals surface area contributed by atoms with Gasteiger partial charge in [0.05, 0.1) is 18.0 Å². The number of carbonyl (C=O) groups is 1. The minimum absolute atomic E-state index is 0. The second kappa shape index (κ2) is 8.54. The fraction of sp³-hybridized carbons (Fsp3) is 0.417. The van der Waals surface area contributed by atoms with Crippen molar-refractivity contribution in [2.24, 2.45) is 0 Å². The highest BCUT2D eigenvalue weighted by Gasteiger charge is 2.33. The van der Waals surface area contributed by atoms with Crippen molar-refractivity contribution in [1.29, 1.82) is 0 Å².